The molecule has 13 heavy (non-hydrogen) atoms. The molecule has 0 bridgehead atoms. The molecule has 0 radical (unpaired) electrons. The van der Waals surface area contributed by atoms with Crippen molar-refractivity contribution >= 4 is 11.7 Å². The average Bonchev–Trinajstić information content (AvgIpc) is 2.54. The zero-order chi connectivity index (χ0) is 9.68. The fraction of sp³-hybridized carbons (Fsp3) is 0.750. The Morgan fingerprint density at radius 3 is 3.00 bits per heavy atom. The molecule has 1 aliphatic rings. The van der Waals surface area contributed by atoms with Crippen LogP contribution in [0.2, 0.25) is 0 Å². The molecule has 0 saturated carbocycles. The van der Waals surface area contributed by atoms with Gasteiger partial charge in [0.1, 0.15) is 0 Å². The lowest BCUT2D eigenvalue weighted by Gasteiger charge is -2.05. The lowest BCUT2D eigenvalue weighted by atomic mass is 10.3. The normalized spacial score (nSPS) is 20.8. The minimum atomic E-state index is -0.426. The third-order valence-electron chi connectivity index (χ3n) is 1.50. The fourth-order valence-corrected chi connectivity index (χ4v) is 0.965. The van der Waals surface area contributed by atoms with Crippen LogP contribution in [-0.4, -0.2) is 31.2 Å². The summed E-state index contributed by atoms with van der Waals surface area (Å²) >= 11 is 0. The van der Waals surface area contributed by atoms with E-state index in [0.29, 0.717) is 25.3 Å². The minimum Gasteiger partial charge on any atom is -0.461 e. The molecule has 0 amide bonds. The number of esters is 1. The van der Waals surface area contributed by atoms with Crippen LogP contribution >= 0.6 is 0 Å². The molecule has 0 fully saturated rings. The molecule has 0 saturated heterocycles. The van der Waals surface area contributed by atoms with Crippen molar-refractivity contribution in [2.75, 3.05) is 13.2 Å². The fourth-order valence-electron chi connectivity index (χ4n) is 0.965. The molecule has 1 aliphatic heterocycles. The zero-order valence-corrected chi connectivity index (χ0v) is 7.78. The highest BCUT2D eigenvalue weighted by Gasteiger charge is 2.26. The SMILES string of the molecule is CCOC(=O)C1=NO[C@@H](OCC)C1. The van der Waals surface area contributed by atoms with Gasteiger partial charge in [-0.1, -0.05) is 5.16 Å². The number of carbonyl (C=O) groups excluding carboxylic acids is 1. The smallest absolute Gasteiger partial charge is 0.356 e. The highest BCUT2D eigenvalue weighted by molar-refractivity contribution is 6.36. The van der Waals surface area contributed by atoms with E-state index in [4.69, 9.17) is 14.3 Å². The quantitative estimate of drug-likeness (QED) is 0.607. The predicted octanol–water partition coefficient (Wildman–Crippen LogP) is 0.688. The highest BCUT2D eigenvalue weighted by atomic mass is 16.8. The van der Waals surface area contributed by atoms with Gasteiger partial charge >= 0.3 is 5.97 Å². The van der Waals surface area contributed by atoms with Crippen molar-refractivity contribution in [1.82, 2.24) is 0 Å². The van der Waals surface area contributed by atoms with Gasteiger partial charge in [-0.3, -0.25) is 0 Å². The Kier molecular flexibility index (Phi) is 3.70. The standard InChI is InChI=1S/C8H13NO4/c1-3-11-7-5-6(9-13-7)8(10)12-4-2/h7H,3-5H2,1-2H3/t7-/m1/s1. The molecule has 0 aromatic heterocycles. The summed E-state index contributed by atoms with van der Waals surface area (Å²) in [6, 6.07) is 0. The molecule has 0 N–H and O–H groups in total. The summed E-state index contributed by atoms with van der Waals surface area (Å²) in [5.74, 6) is -0.426. The monoisotopic (exact) mass is 187 g/mol. The third-order valence-corrected chi connectivity index (χ3v) is 1.50. The van der Waals surface area contributed by atoms with E-state index in [-0.39, 0.29) is 0 Å². The number of rotatable bonds is 4. The maximum Gasteiger partial charge on any atom is 0.356 e. The van der Waals surface area contributed by atoms with Crippen molar-refractivity contribution in [3.8, 4) is 0 Å². The van der Waals surface area contributed by atoms with Gasteiger partial charge in [-0.2, -0.15) is 0 Å². The molecule has 74 valence electrons. The van der Waals surface area contributed by atoms with Gasteiger partial charge in [0.05, 0.1) is 13.0 Å². The maximum absolute atomic E-state index is 11.1. The first kappa shape index (κ1) is 9.98. The largest absolute Gasteiger partial charge is 0.461 e. The Labute approximate surface area is 76.6 Å². The molecule has 5 heteroatoms. The highest BCUT2D eigenvalue weighted by Crippen LogP contribution is 2.12. The Hall–Kier alpha value is -1.10. The average molecular weight is 187 g/mol. The molecule has 5 nitrogen and oxygen atoms in total. The summed E-state index contributed by atoms with van der Waals surface area (Å²) in [6.07, 6.45) is -0.0587. The molecule has 1 atom stereocenters. The first-order valence-corrected chi connectivity index (χ1v) is 4.29. The van der Waals surface area contributed by atoms with Crippen molar-refractivity contribution in [1.29, 1.82) is 0 Å². The number of carbonyl (C=O) groups is 1. The van der Waals surface area contributed by atoms with Crippen LogP contribution in [-0.2, 0) is 19.1 Å². The van der Waals surface area contributed by atoms with Gasteiger partial charge in [0.15, 0.2) is 5.71 Å². The zero-order valence-electron chi connectivity index (χ0n) is 7.78. The van der Waals surface area contributed by atoms with Gasteiger partial charge in [-0.15, -0.1) is 0 Å². The third kappa shape index (κ3) is 2.69. The molecule has 0 aliphatic carbocycles. The lowest BCUT2D eigenvalue weighted by molar-refractivity contribution is -0.135. The summed E-state index contributed by atoms with van der Waals surface area (Å²) in [5.41, 5.74) is 0.292. The second kappa shape index (κ2) is 4.81. The van der Waals surface area contributed by atoms with Gasteiger partial charge in [0.25, 0.3) is 0 Å². The predicted molar refractivity (Wildman–Crippen MR) is 45.2 cm³/mol. The van der Waals surface area contributed by atoms with Crippen LogP contribution in [0, 0.1) is 0 Å². The van der Waals surface area contributed by atoms with Gasteiger partial charge in [-0.05, 0) is 13.8 Å². The number of oxime groups is 1. The van der Waals surface area contributed by atoms with Gasteiger partial charge in [0.2, 0.25) is 6.29 Å². The van der Waals surface area contributed by atoms with Crippen molar-refractivity contribution in [3.63, 3.8) is 0 Å². The summed E-state index contributed by atoms with van der Waals surface area (Å²) in [5, 5.41) is 3.57. The first-order valence-electron chi connectivity index (χ1n) is 4.29. The second-order valence-corrected chi connectivity index (χ2v) is 2.45. The van der Waals surface area contributed by atoms with E-state index in [9.17, 15) is 4.79 Å². The maximum atomic E-state index is 11.1. The van der Waals surface area contributed by atoms with Gasteiger partial charge < -0.3 is 14.3 Å². The van der Waals surface area contributed by atoms with Crippen LogP contribution in [0.15, 0.2) is 5.16 Å². The summed E-state index contributed by atoms with van der Waals surface area (Å²) in [7, 11) is 0. The Bertz CT molecular complexity index is 214. The van der Waals surface area contributed by atoms with E-state index in [1.807, 2.05) is 6.92 Å². The van der Waals surface area contributed by atoms with Crippen LogP contribution in [0.4, 0.5) is 0 Å². The van der Waals surface area contributed by atoms with E-state index >= 15 is 0 Å². The van der Waals surface area contributed by atoms with E-state index < -0.39 is 12.3 Å². The van der Waals surface area contributed by atoms with Gasteiger partial charge in [0, 0.05) is 6.61 Å². The van der Waals surface area contributed by atoms with Crippen LogP contribution in [0.1, 0.15) is 20.3 Å². The molecule has 1 rings (SSSR count). The number of hydrogen-bond donors (Lipinski definition) is 0. The van der Waals surface area contributed by atoms with Crippen molar-refractivity contribution in [2.24, 2.45) is 5.16 Å². The molecule has 0 unspecified atom stereocenters. The van der Waals surface area contributed by atoms with Crippen molar-refractivity contribution < 1.29 is 19.1 Å². The van der Waals surface area contributed by atoms with E-state index in [1.54, 1.807) is 6.92 Å². The van der Waals surface area contributed by atoms with Crippen LogP contribution < -0.4 is 0 Å². The number of nitrogens with zero attached hydrogens (tertiary/aromatic N) is 1. The van der Waals surface area contributed by atoms with E-state index in [1.165, 1.54) is 0 Å². The van der Waals surface area contributed by atoms with Crippen LogP contribution in [0.5, 0.6) is 0 Å². The van der Waals surface area contributed by atoms with E-state index in [2.05, 4.69) is 5.16 Å². The summed E-state index contributed by atoms with van der Waals surface area (Å²) in [4.78, 5) is 15.9. The Morgan fingerprint density at radius 1 is 1.62 bits per heavy atom. The molecule has 0 aromatic rings. The van der Waals surface area contributed by atoms with Crippen molar-refractivity contribution in [2.45, 2.75) is 26.6 Å². The molecule has 0 aromatic carbocycles. The molecule has 1 heterocycles. The Balaban J connectivity index is 2.34. The number of ether oxygens (including phenoxy) is 2. The Morgan fingerprint density at radius 2 is 2.38 bits per heavy atom. The van der Waals surface area contributed by atoms with E-state index in [0.717, 1.165) is 0 Å². The van der Waals surface area contributed by atoms with Gasteiger partial charge in [-0.25, -0.2) is 4.79 Å². The summed E-state index contributed by atoms with van der Waals surface area (Å²) < 4.78 is 9.86. The van der Waals surface area contributed by atoms with Crippen LogP contribution in [0.3, 0.4) is 0 Å². The molecule has 0 spiro atoms. The summed E-state index contributed by atoms with van der Waals surface area (Å²) in [6.45, 7) is 4.48. The first-order chi connectivity index (χ1) is 6.27. The lowest BCUT2D eigenvalue weighted by Crippen LogP contribution is -2.19. The van der Waals surface area contributed by atoms with Crippen LogP contribution in [0.25, 0.3) is 0 Å². The topological polar surface area (TPSA) is 57.1 Å². The molecular weight excluding hydrogens is 174 g/mol. The van der Waals surface area contributed by atoms with Crippen molar-refractivity contribution in [3.05, 3.63) is 0 Å². The second-order valence-electron chi connectivity index (χ2n) is 2.45. The number of hydrogen-bond acceptors (Lipinski definition) is 5. The minimum absolute atomic E-state index is 0.292. The molecular formula is C8H13NO4.